The van der Waals surface area contributed by atoms with Crippen LogP contribution in [0.3, 0.4) is 0 Å². The van der Waals surface area contributed by atoms with Crippen LogP contribution in [0.4, 0.5) is 4.39 Å². The first-order valence-electron chi connectivity index (χ1n) is 6.61. The summed E-state index contributed by atoms with van der Waals surface area (Å²) in [5, 5.41) is 6.25. The van der Waals surface area contributed by atoms with Crippen LogP contribution in [0, 0.1) is 5.82 Å². The van der Waals surface area contributed by atoms with E-state index < -0.39 is 0 Å². The summed E-state index contributed by atoms with van der Waals surface area (Å²) in [6.45, 7) is 7.02. The van der Waals surface area contributed by atoms with Gasteiger partial charge < -0.3 is 15.4 Å². The number of guanidine groups is 1. The van der Waals surface area contributed by atoms with Crippen molar-refractivity contribution in [3.63, 3.8) is 0 Å². The second kappa shape index (κ2) is 9.33. The lowest BCUT2D eigenvalue weighted by Gasteiger charge is -2.11. The van der Waals surface area contributed by atoms with Crippen LogP contribution in [0.5, 0.6) is 0 Å². The van der Waals surface area contributed by atoms with Crippen LogP contribution < -0.4 is 10.6 Å². The van der Waals surface area contributed by atoms with Gasteiger partial charge in [0, 0.05) is 25.3 Å². The van der Waals surface area contributed by atoms with Crippen LogP contribution in [0.25, 0.3) is 0 Å². The Balaban J connectivity index is 2.50. The highest BCUT2D eigenvalue weighted by atomic mass is 19.1. The number of nitrogens with zero attached hydrogens (tertiary/aromatic N) is 1. The van der Waals surface area contributed by atoms with E-state index in [1.165, 1.54) is 6.07 Å². The number of ether oxygens (including phenoxy) is 1. The minimum Gasteiger partial charge on any atom is -0.380 e. The van der Waals surface area contributed by atoms with Gasteiger partial charge in [0.1, 0.15) is 5.82 Å². The number of halogens is 1. The molecule has 0 saturated carbocycles. The molecule has 0 aliphatic carbocycles. The smallest absolute Gasteiger partial charge is 0.191 e. The average molecular weight is 267 g/mol. The topological polar surface area (TPSA) is 45.7 Å². The molecule has 0 amide bonds. The number of benzene rings is 1. The van der Waals surface area contributed by atoms with Gasteiger partial charge >= 0.3 is 0 Å². The monoisotopic (exact) mass is 267 g/mol. The third-order valence-corrected chi connectivity index (χ3v) is 2.45. The average Bonchev–Trinajstić information content (AvgIpc) is 2.42. The third kappa shape index (κ3) is 6.20. The molecule has 0 aliphatic rings. The highest BCUT2D eigenvalue weighted by Gasteiger charge is 2.01. The minimum absolute atomic E-state index is 0.226. The molecule has 0 fully saturated rings. The zero-order chi connectivity index (χ0) is 13.9. The molecule has 19 heavy (non-hydrogen) atoms. The van der Waals surface area contributed by atoms with Crippen molar-refractivity contribution >= 4 is 5.96 Å². The van der Waals surface area contributed by atoms with E-state index in [0.717, 1.165) is 6.54 Å². The molecule has 0 atom stereocenters. The Bertz CT molecular complexity index is 396. The van der Waals surface area contributed by atoms with Gasteiger partial charge in [-0.1, -0.05) is 18.2 Å². The molecule has 0 unspecified atom stereocenters. The Morgan fingerprint density at radius 1 is 1.26 bits per heavy atom. The zero-order valence-electron chi connectivity index (χ0n) is 11.6. The largest absolute Gasteiger partial charge is 0.380 e. The fraction of sp³-hybridized carbons (Fsp3) is 0.500. The van der Waals surface area contributed by atoms with Crippen LogP contribution in [-0.2, 0) is 11.3 Å². The molecule has 0 bridgehead atoms. The molecule has 0 spiro atoms. The third-order valence-electron chi connectivity index (χ3n) is 2.45. The van der Waals surface area contributed by atoms with E-state index in [-0.39, 0.29) is 5.82 Å². The Kier molecular flexibility index (Phi) is 7.58. The lowest BCUT2D eigenvalue weighted by molar-refractivity contribution is 0.152. The van der Waals surface area contributed by atoms with Crippen molar-refractivity contribution in [2.45, 2.75) is 20.4 Å². The van der Waals surface area contributed by atoms with Crippen LogP contribution in [-0.4, -0.2) is 32.3 Å². The number of aliphatic imine (C=N–C) groups is 1. The Morgan fingerprint density at radius 3 is 2.74 bits per heavy atom. The van der Waals surface area contributed by atoms with Gasteiger partial charge in [-0.05, 0) is 19.9 Å². The van der Waals surface area contributed by atoms with Crippen molar-refractivity contribution in [3.05, 3.63) is 35.6 Å². The van der Waals surface area contributed by atoms with Crippen LogP contribution in [0.15, 0.2) is 29.3 Å². The molecule has 0 heterocycles. The summed E-state index contributed by atoms with van der Waals surface area (Å²) < 4.78 is 18.7. The van der Waals surface area contributed by atoms with E-state index in [1.807, 2.05) is 19.9 Å². The van der Waals surface area contributed by atoms with Crippen molar-refractivity contribution in [2.24, 2.45) is 4.99 Å². The second-order valence-corrected chi connectivity index (χ2v) is 3.91. The summed E-state index contributed by atoms with van der Waals surface area (Å²) >= 11 is 0. The highest BCUT2D eigenvalue weighted by Crippen LogP contribution is 2.07. The number of nitrogens with one attached hydrogen (secondary N) is 2. The highest BCUT2D eigenvalue weighted by molar-refractivity contribution is 5.79. The summed E-state index contributed by atoms with van der Waals surface area (Å²) in [5.41, 5.74) is 0.588. The van der Waals surface area contributed by atoms with Gasteiger partial charge in [0.05, 0.1) is 13.2 Å². The molecule has 0 aliphatic heterocycles. The summed E-state index contributed by atoms with van der Waals surface area (Å²) in [6.07, 6.45) is 0. The molecular weight excluding hydrogens is 245 g/mol. The summed E-state index contributed by atoms with van der Waals surface area (Å²) in [4.78, 5) is 4.34. The predicted octanol–water partition coefficient (Wildman–Crippen LogP) is 1.92. The minimum atomic E-state index is -0.226. The number of hydrogen-bond acceptors (Lipinski definition) is 2. The van der Waals surface area contributed by atoms with Gasteiger partial charge in [0.25, 0.3) is 0 Å². The van der Waals surface area contributed by atoms with E-state index >= 15 is 0 Å². The molecule has 1 aromatic carbocycles. The van der Waals surface area contributed by atoms with Crippen molar-refractivity contribution in [3.8, 4) is 0 Å². The van der Waals surface area contributed by atoms with Crippen LogP contribution >= 0.6 is 0 Å². The fourth-order valence-electron chi connectivity index (χ4n) is 1.52. The van der Waals surface area contributed by atoms with Crippen molar-refractivity contribution < 1.29 is 9.13 Å². The second-order valence-electron chi connectivity index (χ2n) is 3.91. The Labute approximate surface area is 114 Å². The molecule has 0 saturated heterocycles. The van der Waals surface area contributed by atoms with Gasteiger partial charge in [-0.15, -0.1) is 0 Å². The molecule has 2 N–H and O–H groups in total. The lowest BCUT2D eigenvalue weighted by atomic mass is 10.2. The maximum Gasteiger partial charge on any atom is 0.191 e. The molecule has 5 heteroatoms. The van der Waals surface area contributed by atoms with E-state index in [2.05, 4.69) is 15.6 Å². The molecular formula is C14H22FN3O. The van der Waals surface area contributed by atoms with E-state index in [1.54, 1.807) is 12.1 Å². The normalized spacial score (nSPS) is 11.4. The van der Waals surface area contributed by atoms with Crippen molar-refractivity contribution in [1.82, 2.24) is 10.6 Å². The van der Waals surface area contributed by atoms with Crippen molar-refractivity contribution in [2.75, 3.05) is 26.3 Å². The SMILES string of the molecule is CCNC(=NCc1ccccc1F)NCCOCC. The molecule has 0 aromatic heterocycles. The van der Waals surface area contributed by atoms with Gasteiger partial charge in [-0.25, -0.2) is 9.38 Å². The van der Waals surface area contributed by atoms with Gasteiger partial charge in [0.15, 0.2) is 5.96 Å². The fourth-order valence-corrected chi connectivity index (χ4v) is 1.52. The molecule has 4 nitrogen and oxygen atoms in total. The first kappa shape index (κ1) is 15.4. The molecule has 1 aromatic rings. The summed E-state index contributed by atoms with van der Waals surface area (Å²) in [6, 6.07) is 6.67. The molecule has 1 rings (SSSR count). The van der Waals surface area contributed by atoms with Gasteiger partial charge in [0.2, 0.25) is 0 Å². The number of rotatable bonds is 7. The van der Waals surface area contributed by atoms with Gasteiger partial charge in [-0.2, -0.15) is 0 Å². The Hall–Kier alpha value is -1.62. The summed E-state index contributed by atoms with van der Waals surface area (Å²) in [7, 11) is 0. The van der Waals surface area contributed by atoms with Crippen LogP contribution in [0.2, 0.25) is 0 Å². The van der Waals surface area contributed by atoms with E-state index in [4.69, 9.17) is 4.74 Å². The quantitative estimate of drug-likeness (QED) is 0.451. The standard InChI is InChI=1S/C14H22FN3O/c1-3-16-14(17-9-10-19-4-2)18-11-12-7-5-6-8-13(12)15/h5-8H,3-4,9-11H2,1-2H3,(H2,16,17,18). The van der Waals surface area contributed by atoms with E-state index in [9.17, 15) is 4.39 Å². The molecule has 106 valence electrons. The first-order valence-corrected chi connectivity index (χ1v) is 6.61. The maximum absolute atomic E-state index is 13.4. The zero-order valence-corrected chi connectivity index (χ0v) is 11.6. The summed E-state index contributed by atoms with van der Waals surface area (Å²) in [5.74, 6) is 0.446. The molecule has 0 radical (unpaired) electrons. The van der Waals surface area contributed by atoms with Gasteiger partial charge in [-0.3, -0.25) is 0 Å². The van der Waals surface area contributed by atoms with Crippen molar-refractivity contribution in [1.29, 1.82) is 0 Å². The Morgan fingerprint density at radius 2 is 2.05 bits per heavy atom. The predicted molar refractivity (Wildman–Crippen MR) is 75.7 cm³/mol. The van der Waals surface area contributed by atoms with E-state index in [0.29, 0.717) is 37.8 Å². The number of hydrogen-bond donors (Lipinski definition) is 2. The maximum atomic E-state index is 13.4. The lowest BCUT2D eigenvalue weighted by Crippen LogP contribution is -2.39. The van der Waals surface area contributed by atoms with Crippen LogP contribution in [0.1, 0.15) is 19.4 Å². The first-order chi connectivity index (χ1) is 9.27.